The molecule has 0 bridgehead atoms. The fourth-order valence-electron chi connectivity index (χ4n) is 2.86. The van der Waals surface area contributed by atoms with Crippen molar-refractivity contribution in [3.05, 3.63) is 30.5 Å². The van der Waals surface area contributed by atoms with E-state index in [9.17, 15) is 4.79 Å². The van der Waals surface area contributed by atoms with Gasteiger partial charge in [-0.1, -0.05) is 18.2 Å². The van der Waals surface area contributed by atoms with E-state index in [1.165, 1.54) is 25.9 Å². The van der Waals surface area contributed by atoms with E-state index in [0.29, 0.717) is 13.0 Å². The van der Waals surface area contributed by atoms with Crippen LogP contribution in [0.2, 0.25) is 0 Å². The van der Waals surface area contributed by atoms with Gasteiger partial charge in [-0.25, -0.2) is 0 Å². The summed E-state index contributed by atoms with van der Waals surface area (Å²) in [6.45, 7) is 4.70. The molecule has 1 aliphatic heterocycles. The van der Waals surface area contributed by atoms with E-state index in [1.807, 2.05) is 35.1 Å². The average molecular weight is 286 g/mol. The van der Waals surface area contributed by atoms with Crippen LogP contribution in [0.15, 0.2) is 30.5 Å². The maximum absolute atomic E-state index is 11.9. The summed E-state index contributed by atoms with van der Waals surface area (Å²) in [5.74, 6) is 0.105. The second-order valence-corrected chi connectivity index (χ2v) is 5.58. The van der Waals surface area contributed by atoms with Gasteiger partial charge in [0.2, 0.25) is 5.91 Å². The molecule has 1 amide bonds. The van der Waals surface area contributed by atoms with E-state index >= 15 is 0 Å². The predicted molar refractivity (Wildman–Crippen MR) is 83.0 cm³/mol. The van der Waals surface area contributed by atoms with Crippen molar-refractivity contribution in [1.82, 2.24) is 20.0 Å². The number of nitrogens with zero attached hydrogens (tertiary/aromatic N) is 3. The molecule has 1 N–H and O–H groups in total. The average Bonchev–Trinajstić information content (AvgIpc) is 3.14. The highest BCUT2D eigenvalue weighted by Gasteiger charge is 2.11. The molecule has 1 fully saturated rings. The standard InChI is InChI=1S/C16H22N4O/c21-16(17-8-12-19-9-3-4-10-19)7-11-20-15-6-2-1-5-14(15)13-18-20/h1-2,5-6,13H,3-4,7-12H2,(H,17,21). The van der Waals surface area contributed by atoms with Crippen molar-refractivity contribution in [1.29, 1.82) is 0 Å². The lowest BCUT2D eigenvalue weighted by molar-refractivity contribution is -0.121. The van der Waals surface area contributed by atoms with E-state index in [0.717, 1.165) is 24.0 Å². The van der Waals surface area contributed by atoms with Gasteiger partial charge in [0.15, 0.2) is 0 Å². The smallest absolute Gasteiger partial charge is 0.221 e. The van der Waals surface area contributed by atoms with E-state index in [1.54, 1.807) is 0 Å². The number of benzene rings is 1. The summed E-state index contributed by atoms with van der Waals surface area (Å²) in [7, 11) is 0. The molecule has 1 aliphatic rings. The van der Waals surface area contributed by atoms with Crippen molar-refractivity contribution >= 4 is 16.8 Å². The van der Waals surface area contributed by atoms with Crippen LogP contribution >= 0.6 is 0 Å². The van der Waals surface area contributed by atoms with Crippen molar-refractivity contribution in [2.24, 2.45) is 0 Å². The second-order valence-electron chi connectivity index (χ2n) is 5.58. The van der Waals surface area contributed by atoms with Crippen LogP contribution in [0, 0.1) is 0 Å². The number of aryl methyl sites for hydroxylation is 1. The number of aromatic nitrogens is 2. The molecule has 0 saturated carbocycles. The molecule has 0 unspecified atom stereocenters. The SMILES string of the molecule is O=C(CCn1ncc2ccccc21)NCCN1CCCC1. The summed E-state index contributed by atoms with van der Waals surface area (Å²) >= 11 is 0. The summed E-state index contributed by atoms with van der Waals surface area (Å²) < 4.78 is 1.90. The topological polar surface area (TPSA) is 50.2 Å². The monoisotopic (exact) mass is 286 g/mol. The number of para-hydroxylation sites is 1. The van der Waals surface area contributed by atoms with Gasteiger partial charge in [0.05, 0.1) is 18.3 Å². The molecular formula is C16H22N4O. The number of carbonyl (C=O) groups excluding carboxylic acids is 1. The van der Waals surface area contributed by atoms with Crippen LogP contribution < -0.4 is 5.32 Å². The molecule has 1 aromatic heterocycles. The first kappa shape index (κ1) is 14.1. The van der Waals surface area contributed by atoms with E-state index in [2.05, 4.69) is 15.3 Å². The third-order valence-corrected chi connectivity index (χ3v) is 4.05. The van der Waals surface area contributed by atoms with Crippen molar-refractivity contribution in [3.8, 4) is 0 Å². The highest BCUT2D eigenvalue weighted by atomic mass is 16.1. The molecule has 5 heteroatoms. The molecule has 112 valence electrons. The van der Waals surface area contributed by atoms with Gasteiger partial charge < -0.3 is 10.2 Å². The van der Waals surface area contributed by atoms with Crippen LogP contribution in [0.3, 0.4) is 0 Å². The zero-order valence-electron chi connectivity index (χ0n) is 12.3. The Balaban J connectivity index is 1.43. The van der Waals surface area contributed by atoms with Gasteiger partial charge in [0.1, 0.15) is 0 Å². The minimum absolute atomic E-state index is 0.105. The molecule has 21 heavy (non-hydrogen) atoms. The molecule has 2 heterocycles. The molecule has 3 rings (SSSR count). The van der Waals surface area contributed by atoms with Crippen molar-refractivity contribution in [2.75, 3.05) is 26.2 Å². The Hall–Kier alpha value is -1.88. The Bertz CT molecular complexity index is 601. The zero-order chi connectivity index (χ0) is 14.5. The Morgan fingerprint density at radius 3 is 2.86 bits per heavy atom. The maximum atomic E-state index is 11.9. The third kappa shape index (κ3) is 3.61. The Labute approximate surface area is 124 Å². The number of hydrogen-bond acceptors (Lipinski definition) is 3. The molecule has 0 spiro atoms. The van der Waals surface area contributed by atoms with Gasteiger partial charge in [0.25, 0.3) is 0 Å². The van der Waals surface area contributed by atoms with Crippen molar-refractivity contribution in [2.45, 2.75) is 25.8 Å². The maximum Gasteiger partial charge on any atom is 0.221 e. The van der Waals surface area contributed by atoms with Gasteiger partial charge in [-0.15, -0.1) is 0 Å². The zero-order valence-corrected chi connectivity index (χ0v) is 12.3. The molecule has 1 saturated heterocycles. The van der Waals surface area contributed by atoms with Crippen LogP contribution in [-0.2, 0) is 11.3 Å². The first-order valence-electron chi connectivity index (χ1n) is 7.72. The Morgan fingerprint density at radius 2 is 2.00 bits per heavy atom. The van der Waals surface area contributed by atoms with Crippen LogP contribution in [0.4, 0.5) is 0 Å². The third-order valence-electron chi connectivity index (χ3n) is 4.05. The fourth-order valence-corrected chi connectivity index (χ4v) is 2.86. The van der Waals surface area contributed by atoms with Crippen LogP contribution in [0.5, 0.6) is 0 Å². The number of carbonyl (C=O) groups is 1. The minimum atomic E-state index is 0.105. The van der Waals surface area contributed by atoms with Gasteiger partial charge in [-0.05, 0) is 32.0 Å². The summed E-state index contributed by atoms with van der Waals surface area (Å²) in [6.07, 6.45) is 4.91. The van der Waals surface area contributed by atoms with Gasteiger partial charge in [-0.3, -0.25) is 9.48 Å². The summed E-state index contributed by atoms with van der Waals surface area (Å²) in [5.41, 5.74) is 1.09. The molecule has 2 aromatic rings. The fraction of sp³-hybridized carbons (Fsp3) is 0.500. The van der Waals surface area contributed by atoms with E-state index in [-0.39, 0.29) is 5.91 Å². The lowest BCUT2D eigenvalue weighted by Crippen LogP contribution is -2.33. The first-order chi connectivity index (χ1) is 10.3. The van der Waals surface area contributed by atoms with E-state index < -0.39 is 0 Å². The van der Waals surface area contributed by atoms with Gasteiger partial charge >= 0.3 is 0 Å². The lowest BCUT2D eigenvalue weighted by Gasteiger charge is -2.14. The van der Waals surface area contributed by atoms with Crippen molar-refractivity contribution < 1.29 is 4.79 Å². The molecule has 1 aromatic carbocycles. The normalized spacial score (nSPS) is 15.6. The number of rotatable bonds is 6. The quantitative estimate of drug-likeness (QED) is 0.878. The van der Waals surface area contributed by atoms with Crippen LogP contribution in [-0.4, -0.2) is 46.8 Å². The highest BCUT2D eigenvalue weighted by molar-refractivity contribution is 5.79. The first-order valence-corrected chi connectivity index (χ1v) is 7.72. The summed E-state index contributed by atoms with van der Waals surface area (Å²) in [5, 5.41) is 8.45. The molecular weight excluding hydrogens is 264 g/mol. The van der Waals surface area contributed by atoms with Crippen molar-refractivity contribution in [3.63, 3.8) is 0 Å². The molecule has 5 nitrogen and oxygen atoms in total. The van der Waals surface area contributed by atoms with Crippen LogP contribution in [0.25, 0.3) is 10.9 Å². The number of fused-ring (bicyclic) bond motifs is 1. The highest BCUT2D eigenvalue weighted by Crippen LogP contribution is 2.12. The van der Waals surface area contributed by atoms with Gasteiger partial charge in [0, 0.05) is 24.9 Å². The largest absolute Gasteiger partial charge is 0.355 e. The number of nitrogens with one attached hydrogen (secondary N) is 1. The Kier molecular flexibility index (Phi) is 4.50. The molecule has 0 radical (unpaired) electrons. The molecule has 0 atom stereocenters. The summed E-state index contributed by atoms with van der Waals surface area (Å²) in [6, 6.07) is 8.07. The summed E-state index contributed by atoms with van der Waals surface area (Å²) in [4.78, 5) is 14.3. The predicted octanol–water partition coefficient (Wildman–Crippen LogP) is 1.64. The Morgan fingerprint density at radius 1 is 1.19 bits per heavy atom. The number of amides is 1. The number of hydrogen-bond donors (Lipinski definition) is 1. The number of likely N-dealkylation sites (tertiary alicyclic amines) is 1. The lowest BCUT2D eigenvalue weighted by atomic mass is 10.2. The second kappa shape index (κ2) is 6.72. The molecule has 0 aliphatic carbocycles. The minimum Gasteiger partial charge on any atom is -0.355 e. The van der Waals surface area contributed by atoms with E-state index in [4.69, 9.17) is 0 Å². The van der Waals surface area contributed by atoms with Gasteiger partial charge in [-0.2, -0.15) is 5.10 Å². The van der Waals surface area contributed by atoms with Crippen LogP contribution in [0.1, 0.15) is 19.3 Å².